The number of methoxy groups -OCH3 is 1. The van der Waals surface area contributed by atoms with E-state index in [9.17, 15) is 9.90 Å². The van der Waals surface area contributed by atoms with Crippen LogP contribution in [0.1, 0.15) is 23.2 Å². The molecule has 5 heteroatoms. The minimum absolute atomic E-state index is 0.141. The summed E-state index contributed by atoms with van der Waals surface area (Å²) < 4.78 is 4.68. The maximum atomic E-state index is 11.4. The number of esters is 1. The fraction of sp³-hybridized carbons (Fsp3) is 0.538. The summed E-state index contributed by atoms with van der Waals surface area (Å²) in [5, 5.41) is 9.26. The summed E-state index contributed by atoms with van der Waals surface area (Å²) in [4.78, 5) is 17.7. The maximum Gasteiger partial charge on any atom is 0.338 e. The van der Waals surface area contributed by atoms with Gasteiger partial charge in [-0.1, -0.05) is 0 Å². The second kappa shape index (κ2) is 5.35. The molecule has 0 saturated heterocycles. The van der Waals surface area contributed by atoms with Crippen molar-refractivity contribution in [1.29, 1.82) is 0 Å². The highest BCUT2D eigenvalue weighted by Crippen LogP contribution is 2.28. The van der Waals surface area contributed by atoms with Crippen LogP contribution in [0.15, 0.2) is 18.3 Å². The lowest BCUT2D eigenvalue weighted by molar-refractivity contribution is 0.0464. The molecule has 5 nitrogen and oxygen atoms in total. The molecule has 1 N–H and O–H groups in total. The number of nitrogens with zero attached hydrogens (tertiary/aromatic N) is 2. The summed E-state index contributed by atoms with van der Waals surface area (Å²) >= 11 is 0. The van der Waals surface area contributed by atoms with Gasteiger partial charge in [0.05, 0.1) is 18.8 Å². The molecular formula is C13H18N2O3. The van der Waals surface area contributed by atoms with Crippen molar-refractivity contribution in [1.82, 2.24) is 4.98 Å². The van der Waals surface area contributed by atoms with Gasteiger partial charge >= 0.3 is 5.97 Å². The zero-order valence-corrected chi connectivity index (χ0v) is 10.7. The molecule has 1 fully saturated rings. The number of carbonyl (C=O) groups excluding carboxylic acids is 1. The van der Waals surface area contributed by atoms with E-state index in [2.05, 4.69) is 9.72 Å². The maximum absolute atomic E-state index is 11.4. The molecule has 0 amide bonds. The van der Waals surface area contributed by atoms with Crippen molar-refractivity contribution >= 4 is 11.8 Å². The molecular weight excluding hydrogens is 232 g/mol. The Morgan fingerprint density at radius 2 is 2.33 bits per heavy atom. The van der Waals surface area contributed by atoms with Gasteiger partial charge in [0.1, 0.15) is 5.82 Å². The molecule has 0 aromatic carbocycles. The van der Waals surface area contributed by atoms with E-state index >= 15 is 0 Å². The van der Waals surface area contributed by atoms with Gasteiger partial charge in [0.15, 0.2) is 0 Å². The van der Waals surface area contributed by atoms with Gasteiger partial charge in [-0.3, -0.25) is 0 Å². The van der Waals surface area contributed by atoms with Gasteiger partial charge in [0.25, 0.3) is 0 Å². The molecule has 0 radical (unpaired) electrons. The molecule has 1 aromatic heterocycles. The number of pyridine rings is 1. The Bertz CT molecular complexity index is 430. The first kappa shape index (κ1) is 12.8. The van der Waals surface area contributed by atoms with Crippen molar-refractivity contribution in [3.05, 3.63) is 23.9 Å². The Kier molecular flexibility index (Phi) is 3.81. The highest BCUT2D eigenvalue weighted by atomic mass is 16.5. The van der Waals surface area contributed by atoms with Gasteiger partial charge in [-0.05, 0) is 30.9 Å². The van der Waals surface area contributed by atoms with Crippen LogP contribution in [0.2, 0.25) is 0 Å². The first-order chi connectivity index (χ1) is 8.60. The lowest BCUT2D eigenvalue weighted by Crippen LogP contribution is -2.37. The Balaban J connectivity index is 2.01. The second-order valence-corrected chi connectivity index (χ2v) is 4.77. The molecule has 1 heterocycles. The lowest BCUT2D eigenvalue weighted by atomic mass is 9.82. The molecule has 1 aliphatic carbocycles. The second-order valence-electron chi connectivity index (χ2n) is 4.77. The van der Waals surface area contributed by atoms with E-state index in [4.69, 9.17) is 0 Å². The summed E-state index contributed by atoms with van der Waals surface area (Å²) in [6.07, 6.45) is 3.16. The molecule has 0 spiro atoms. The lowest BCUT2D eigenvalue weighted by Gasteiger charge is -2.34. The third-order valence-corrected chi connectivity index (χ3v) is 3.30. The molecule has 1 saturated carbocycles. The average Bonchev–Trinajstić information content (AvgIpc) is 2.36. The quantitative estimate of drug-likeness (QED) is 0.810. The van der Waals surface area contributed by atoms with Gasteiger partial charge in [-0.2, -0.15) is 0 Å². The molecule has 0 bridgehead atoms. The summed E-state index contributed by atoms with van der Waals surface area (Å²) in [5.41, 5.74) is 0.503. The Morgan fingerprint density at radius 3 is 2.94 bits per heavy atom. The van der Waals surface area contributed by atoms with E-state index in [0.717, 1.165) is 25.2 Å². The van der Waals surface area contributed by atoms with Crippen LogP contribution >= 0.6 is 0 Å². The summed E-state index contributed by atoms with van der Waals surface area (Å²) in [5.74, 6) is 0.902. The first-order valence-corrected chi connectivity index (χ1v) is 6.03. The molecule has 0 aliphatic heterocycles. The Hall–Kier alpha value is -1.62. The number of ether oxygens (including phenoxy) is 1. The predicted molar refractivity (Wildman–Crippen MR) is 67.6 cm³/mol. The Morgan fingerprint density at radius 1 is 1.61 bits per heavy atom. The zero-order chi connectivity index (χ0) is 13.1. The molecule has 0 atom stereocenters. The SMILES string of the molecule is COC(=O)c1ccnc(N(C)CC2CC(O)C2)c1. The predicted octanol–water partition coefficient (Wildman–Crippen LogP) is 1.08. The number of aliphatic hydroxyl groups is 1. The van der Waals surface area contributed by atoms with E-state index in [1.807, 2.05) is 11.9 Å². The van der Waals surface area contributed by atoms with Gasteiger partial charge in [-0.15, -0.1) is 0 Å². The molecule has 98 valence electrons. The topological polar surface area (TPSA) is 62.7 Å². The largest absolute Gasteiger partial charge is 0.465 e. The van der Waals surface area contributed by atoms with Crippen molar-refractivity contribution in [2.75, 3.05) is 25.6 Å². The first-order valence-electron chi connectivity index (χ1n) is 6.03. The van der Waals surface area contributed by atoms with Crippen LogP contribution in [-0.4, -0.2) is 42.9 Å². The van der Waals surface area contributed by atoms with E-state index in [-0.39, 0.29) is 12.1 Å². The minimum atomic E-state index is -0.355. The molecule has 0 unspecified atom stereocenters. The standard InChI is InChI=1S/C13H18N2O3/c1-15(8-9-5-11(16)6-9)12-7-10(3-4-14-12)13(17)18-2/h3-4,7,9,11,16H,5-6,8H2,1-2H3. The number of aliphatic hydroxyl groups excluding tert-OH is 1. The van der Waals surface area contributed by atoms with Crippen LogP contribution in [0.4, 0.5) is 5.82 Å². The van der Waals surface area contributed by atoms with Crippen molar-refractivity contribution in [3.63, 3.8) is 0 Å². The van der Waals surface area contributed by atoms with Gasteiger partial charge in [0, 0.05) is 19.8 Å². The third-order valence-electron chi connectivity index (χ3n) is 3.30. The van der Waals surface area contributed by atoms with Crippen molar-refractivity contribution in [2.45, 2.75) is 18.9 Å². The molecule has 18 heavy (non-hydrogen) atoms. The normalized spacial score (nSPS) is 22.2. The smallest absolute Gasteiger partial charge is 0.338 e. The van der Waals surface area contributed by atoms with Gasteiger partial charge in [-0.25, -0.2) is 9.78 Å². The summed E-state index contributed by atoms with van der Waals surface area (Å²) in [6, 6.07) is 3.36. The van der Waals surface area contributed by atoms with Crippen LogP contribution < -0.4 is 4.90 Å². The van der Waals surface area contributed by atoms with E-state index < -0.39 is 0 Å². The monoisotopic (exact) mass is 250 g/mol. The number of carbonyl (C=O) groups is 1. The van der Waals surface area contributed by atoms with Crippen molar-refractivity contribution < 1.29 is 14.6 Å². The van der Waals surface area contributed by atoms with Crippen molar-refractivity contribution in [2.24, 2.45) is 5.92 Å². The number of hydrogen-bond acceptors (Lipinski definition) is 5. The van der Waals surface area contributed by atoms with Crippen LogP contribution in [0.5, 0.6) is 0 Å². The number of anilines is 1. The minimum Gasteiger partial charge on any atom is -0.465 e. The number of hydrogen-bond donors (Lipinski definition) is 1. The van der Waals surface area contributed by atoms with Crippen LogP contribution in [0, 0.1) is 5.92 Å². The van der Waals surface area contributed by atoms with Crippen LogP contribution in [0.25, 0.3) is 0 Å². The van der Waals surface area contributed by atoms with Crippen LogP contribution in [-0.2, 0) is 4.74 Å². The average molecular weight is 250 g/mol. The third kappa shape index (κ3) is 2.79. The zero-order valence-electron chi connectivity index (χ0n) is 10.7. The number of aromatic nitrogens is 1. The van der Waals surface area contributed by atoms with Crippen molar-refractivity contribution in [3.8, 4) is 0 Å². The number of rotatable bonds is 4. The summed E-state index contributed by atoms with van der Waals surface area (Å²) in [6.45, 7) is 0.842. The fourth-order valence-electron chi connectivity index (χ4n) is 2.20. The van der Waals surface area contributed by atoms with Gasteiger partial charge in [0.2, 0.25) is 0 Å². The van der Waals surface area contributed by atoms with Gasteiger partial charge < -0.3 is 14.7 Å². The van der Waals surface area contributed by atoms with Crippen LogP contribution in [0.3, 0.4) is 0 Å². The fourth-order valence-corrected chi connectivity index (χ4v) is 2.20. The van der Waals surface area contributed by atoms with E-state index in [1.165, 1.54) is 7.11 Å². The Labute approximate surface area is 106 Å². The molecule has 2 rings (SSSR count). The molecule has 1 aliphatic rings. The summed E-state index contributed by atoms with van der Waals surface area (Å²) in [7, 11) is 3.30. The highest BCUT2D eigenvalue weighted by molar-refractivity contribution is 5.90. The molecule has 1 aromatic rings. The highest BCUT2D eigenvalue weighted by Gasteiger charge is 2.28. The van der Waals surface area contributed by atoms with E-state index in [1.54, 1.807) is 18.3 Å². The van der Waals surface area contributed by atoms with E-state index in [0.29, 0.717) is 11.5 Å².